The van der Waals surface area contributed by atoms with E-state index in [0.29, 0.717) is 0 Å². The summed E-state index contributed by atoms with van der Waals surface area (Å²) in [6.07, 6.45) is 2.03. The second kappa shape index (κ2) is 7.44. The van der Waals surface area contributed by atoms with E-state index in [1.54, 1.807) is 0 Å². The molecule has 1 rings (SSSR count). The number of alkyl halides is 3. The summed E-state index contributed by atoms with van der Waals surface area (Å²) < 4.78 is -0.750. The van der Waals surface area contributed by atoms with Gasteiger partial charge in [0, 0.05) is 6.54 Å². The fraction of sp³-hybridized carbons (Fsp3) is 1.00. The van der Waals surface area contributed by atoms with Gasteiger partial charge in [-0.15, -0.1) is 0 Å². The number of aliphatic hydroxyl groups is 1. The minimum absolute atomic E-state index is 0.0752. The molecule has 68 valence electrons. The minimum atomic E-state index is -0.750. The molecule has 1 aliphatic rings. The molecule has 0 aliphatic carbocycles. The third kappa shape index (κ3) is 10.8. The highest BCUT2D eigenvalue weighted by atomic mass is 35.6. The monoisotopic (exact) mass is 219 g/mol. The van der Waals surface area contributed by atoms with Crippen LogP contribution in [0.3, 0.4) is 0 Å². The van der Waals surface area contributed by atoms with Gasteiger partial charge in [-0.2, -0.15) is 0 Å². The van der Waals surface area contributed by atoms with Crippen LogP contribution in [0, 0.1) is 0 Å². The molecule has 5 heteroatoms. The average molecular weight is 221 g/mol. The van der Waals surface area contributed by atoms with E-state index in [-0.39, 0.29) is 6.10 Å². The Morgan fingerprint density at radius 1 is 1.36 bits per heavy atom. The van der Waals surface area contributed by atoms with Crippen LogP contribution in [0.4, 0.5) is 0 Å². The van der Waals surface area contributed by atoms with E-state index in [1.807, 2.05) is 0 Å². The normalized spacial score (nSPS) is 24.3. The molecule has 1 saturated heterocycles. The first-order chi connectivity index (χ1) is 5.13. The van der Waals surface area contributed by atoms with E-state index in [2.05, 4.69) is 5.32 Å². The minimum Gasteiger partial charge on any atom is -0.392 e. The van der Waals surface area contributed by atoms with Crippen LogP contribution in [0.1, 0.15) is 12.8 Å². The van der Waals surface area contributed by atoms with E-state index in [1.165, 1.54) is 0 Å². The number of hydrogen-bond acceptors (Lipinski definition) is 2. The van der Waals surface area contributed by atoms with Crippen LogP contribution in [0.5, 0.6) is 0 Å². The predicted molar refractivity (Wildman–Crippen MR) is 49.5 cm³/mol. The number of halogens is 3. The van der Waals surface area contributed by atoms with Crippen LogP contribution in [-0.2, 0) is 0 Å². The third-order valence-corrected chi connectivity index (χ3v) is 1.27. The Kier molecular flexibility index (Phi) is 7.97. The lowest BCUT2D eigenvalue weighted by Crippen LogP contribution is -2.33. The molecule has 0 aromatic carbocycles. The summed E-state index contributed by atoms with van der Waals surface area (Å²) in [5.74, 6) is 0. The molecular weight excluding hydrogens is 208 g/mol. The zero-order valence-electron chi connectivity index (χ0n) is 6.06. The molecule has 0 amide bonds. The van der Waals surface area contributed by atoms with Crippen molar-refractivity contribution in [3.05, 3.63) is 0 Å². The Hall–Kier alpha value is 0.790. The van der Waals surface area contributed by atoms with Crippen LogP contribution in [0.2, 0.25) is 0 Å². The summed E-state index contributed by atoms with van der Waals surface area (Å²) in [5, 5.41) is 11.9. The van der Waals surface area contributed by atoms with Gasteiger partial charge in [0.1, 0.15) is 0 Å². The molecule has 11 heavy (non-hydrogen) atoms. The largest absolute Gasteiger partial charge is 0.392 e. The number of β-amino-alcohol motifs (C(OH)–C–C–N with tert-alkyl or cyclic N) is 1. The second-order valence-corrected chi connectivity index (χ2v) is 4.23. The van der Waals surface area contributed by atoms with Gasteiger partial charge in [0.25, 0.3) is 0 Å². The SMILES string of the molecule is ClC(Cl)Cl.OC1CCCNC1. The maximum atomic E-state index is 8.85. The first kappa shape index (κ1) is 11.8. The second-order valence-electron chi connectivity index (χ2n) is 2.25. The van der Waals surface area contributed by atoms with Gasteiger partial charge in [-0.05, 0) is 19.4 Å². The molecule has 1 aliphatic heterocycles. The average Bonchev–Trinajstić information content (AvgIpc) is 1.87. The molecular formula is C6H12Cl3NO. The summed E-state index contributed by atoms with van der Waals surface area (Å²) in [5.41, 5.74) is 0. The zero-order chi connectivity index (χ0) is 8.69. The van der Waals surface area contributed by atoms with Crippen molar-refractivity contribution in [2.45, 2.75) is 23.2 Å². The summed E-state index contributed by atoms with van der Waals surface area (Å²) in [4.78, 5) is 0. The molecule has 1 atom stereocenters. The Bertz CT molecular complexity index is 83.1. The van der Waals surface area contributed by atoms with Gasteiger partial charge in [0.2, 0.25) is 0 Å². The highest BCUT2D eigenvalue weighted by molar-refractivity contribution is 6.63. The summed E-state index contributed by atoms with van der Waals surface area (Å²) in [6, 6.07) is 0. The summed E-state index contributed by atoms with van der Waals surface area (Å²) in [7, 11) is 0. The standard InChI is InChI=1S/C5H11NO.CHCl3/c7-5-2-1-3-6-4-5;2-1(3)4/h5-7H,1-4H2;1H. The Balaban J connectivity index is 0.000000218. The van der Waals surface area contributed by atoms with Gasteiger partial charge >= 0.3 is 0 Å². The number of rotatable bonds is 0. The molecule has 0 saturated carbocycles. The van der Waals surface area contributed by atoms with E-state index in [4.69, 9.17) is 39.9 Å². The molecule has 1 heterocycles. The maximum Gasteiger partial charge on any atom is 0.180 e. The fourth-order valence-electron chi connectivity index (χ4n) is 0.833. The third-order valence-electron chi connectivity index (χ3n) is 1.27. The van der Waals surface area contributed by atoms with Gasteiger partial charge in [0.05, 0.1) is 6.10 Å². The number of piperidine rings is 1. The van der Waals surface area contributed by atoms with Crippen LogP contribution in [-0.4, -0.2) is 28.6 Å². The van der Waals surface area contributed by atoms with Gasteiger partial charge in [0.15, 0.2) is 4.30 Å². The molecule has 0 bridgehead atoms. The van der Waals surface area contributed by atoms with E-state index in [0.717, 1.165) is 25.9 Å². The zero-order valence-corrected chi connectivity index (χ0v) is 8.33. The number of nitrogens with one attached hydrogen (secondary N) is 1. The number of aliphatic hydroxyl groups excluding tert-OH is 1. The number of hydrogen-bond donors (Lipinski definition) is 2. The quantitative estimate of drug-likeness (QED) is 0.609. The van der Waals surface area contributed by atoms with E-state index < -0.39 is 4.30 Å². The van der Waals surface area contributed by atoms with Crippen LogP contribution >= 0.6 is 34.8 Å². The van der Waals surface area contributed by atoms with Crippen molar-refractivity contribution < 1.29 is 5.11 Å². The highest BCUT2D eigenvalue weighted by Gasteiger charge is 2.06. The molecule has 0 aromatic rings. The van der Waals surface area contributed by atoms with Crippen LogP contribution < -0.4 is 5.32 Å². The van der Waals surface area contributed by atoms with Crippen molar-refractivity contribution >= 4 is 34.8 Å². The summed E-state index contributed by atoms with van der Waals surface area (Å²) >= 11 is 14.4. The van der Waals surface area contributed by atoms with Gasteiger partial charge in [-0.1, -0.05) is 34.8 Å². The molecule has 1 fully saturated rings. The van der Waals surface area contributed by atoms with Crippen molar-refractivity contribution in [1.29, 1.82) is 0 Å². The van der Waals surface area contributed by atoms with E-state index in [9.17, 15) is 0 Å². The molecule has 1 unspecified atom stereocenters. The molecule has 0 spiro atoms. The highest BCUT2D eigenvalue weighted by Crippen LogP contribution is 2.03. The van der Waals surface area contributed by atoms with Crippen LogP contribution in [0.25, 0.3) is 0 Å². The Morgan fingerprint density at radius 2 is 1.91 bits per heavy atom. The topological polar surface area (TPSA) is 32.3 Å². The summed E-state index contributed by atoms with van der Waals surface area (Å²) in [6.45, 7) is 1.87. The van der Waals surface area contributed by atoms with Gasteiger partial charge < -0.3 is 10.4 Å². The van der Waals surface area contributed by atoms with Gasteiger partial charge in [-0.3, -0.25) is 0 Å². The Morgan fingerprint density at radius 3 is 2.09 bits per heavy atom. The lowest BCUT2D eigenvalue weighted by atomic mass is 10.1. The van der Waals surface area contributed by atoms with E-state index >= 15 is 0 Å². The van der Waals surface area contributed by atoms with Crippen molar-refractivity contribution in [3.63, 3.8) is 0 Å². The lowest BCUT2D eigenvalue weighted by Gasteiger charge is -2.16. The van der Waals surface area contributed by atoms with Crippen LogP contribution in [0.15, 0.2) is 0 Å². The molecule has 0 radical (unpaired) electrons. The molecule has 2 N–H and O–H groups in total. The van der Waals surface area contributed by atoms with Crippen molar-refractivity contribution in [2.75, 3.05) is 13.1 Å². The van der Waals surface area contributed by atoms with Crippen molar-refractivity contribution in [1.82, 2.24) is 5.32 Å². The smallest absolute Gasteiger partial charge is 0.180 e. The van der Waals surface area contributed by atoms with Crippen molar-refractivity contribution in [2.24, 2.45) is 0 Å². The lowest BCUT2D eigenvalue weighted by molar-refractivity contribution is 0.142. The predicted octanol–water partition coefficient (Wildman–Crippen LogP) is 1.72. The van der Waals surface area contributed by atoms with Crippen molar-refractivity contribution in [3.8, 4) is 0 Å². The maximum absolute atomic E-state index is 8.85. The first-order valence-electron chi connectivity index (χ1n) is 3.44. The van der Waals surface area contributed by atoms with Gasteiger partial charge in [-0.25, -0.2) is 0 Å². The molecule has 2 nitrogen and oxygen atoms in total. The Labute approximate surface area is 81.8 Å². The first-order valence-corrected chi connectivity index (χ1v) is 4.75. The molecule has 0 aromatic heterocycles. The fourth-order valence-corrected chi connectivity index (χ4v) is 0.833.